The number of alkyl halides is 3. The van der Waals surface area contributed by atoms with Gasteiger partial charge < -0.3 is 14.9 Å². The van der Waals surface area contributed by atoms with Crippen LogP contribution >= 0.6 is 0 Å². The summed E-state index contributed by atoms with van der Waals surface area (Å²) < 4.78 is 46.3. The van der Waals surface area contributed by atoms with E-state index in [1.54, 1.807) is 50.2 Å². The second-order valence-corrected chi connectivity index (χ2v) is 9.64. The Kier molecular flexibility index (Phi) is 7.11. The van der Waals surface area contributed by atoms with Gasteiger partial charge in [0, 0.05) is 11.1 Å². The number of nitrogens with zero attached hydrogens (tertiary/aromatic N) is 2. The summed E-state index contributed by atoms with van der Waals surface area (Å²) in [7, 11) is 1.50. The number of anilines is 3. The maximum absolute atomic E-state index is 13.7. The molecule has 3 N–H and O–H groups in total. The van der Waals surface area contributed by atoms with Crippen molar-refractivity contribution in [3.8, 4) is 22.6 Å². The molecular weight excluding hydrogens is 551 g/mol. The lowest BCUT2D eigenvalue weighted by Crippen LogP contribution is -2.26. The summed E-state index contributed by atoms with van der Waals surface area (Å²) in [5, 5.41) is 24.5. The molecular formula is C31H24F3N3O5. The summed E-state index contributed by atoms with van der Waals surface area (Å²) >= 11 is 0. The van der Waals surface area contributed by atoms with E-state index in [0.717, 1.165) is 17.0 Å². The number of para-hydroxylation sites is 1. The monoisotopic (exact) mass is 575 g/mol. The van der Waals surface area contributed by atoms with Crippen molar-refractivity contribution in [2.24, 2.45) is 5.10 Å². The number of nitrogens with one attached hydrogen (secondary N) is 1. The van der Waals surface area contributed by atoms with Gasteiger partial charge in [-0.2, -0.15) is 18.3 Å². The molecule has 4 aromatic rings. The van der Waals surface area contributed by atoms with Gasteiger partial charge in [0.25, 0.3) is 5.91 Å². The molecule has 0 saturated heterocycles. The first-order valence-electron chi connectivity index (χ1n) is 12.6. The Morgan fingerprint density at radius 2 is 1.64 bits per heavy atom. The Labute approximate surface area is 238 Å². The van der Waals surface area contributed by atoms with Gasteiger partial charge in [-0.3, -0.25) is 15.1 Å². The molecule has 1 aliphatic rings. The minimum Gasteiger partial charge on any atom is -0.505 e. The van der Waals surface area contributed by atoms with Crippen LogP contribution in [-0.2, 0) is 11.0 Å². The van der Waals surface area contributed by atoms with E-state index in [-0.39, 0.29) is 34.0 Å². The zero-order valence-corrected chi connectivity index (χ0v) is 22.6. The number of rotatable bonds is 6. The van der Waals surface area contributed by atoms with Crippen molar-refractivity contribution in [2.75, 3.05) is 17.4 Å². The van der Waals surface area contributed by atoms with E-state index in [1.165, 1.54) is 31.4 Å². The van der Waals surface area contributed by atoms with Gasteiger partial charge in [-0.05, 0) is 79.1 Å². The Hall–Kier alpha value is -5.32. The molecule has 8 nitrogen and oxygen atoms in total. The number of aryl methyl sites for hydroxylation is 2. The smallest absolute Gasteiger partial charge is 0.416 e. The molecule has 5 rings (SSSR count). The molecule has 1 aliphatic heterocycles. The molecule has 0 bridgehead atoms. The number of methoxy groups -OCH3 is 1. The topological polar surface area (TPSA) is 111 Å². The van der Waals surface area contributed by atoms with Crippen LogP contribution in [0.2, 0.25) is 0 Å². The number of carbonyl (C=O) groups excluding carboxylic acids is 1. The number of amides is 1. The van der Waals surface area contributed by atoms with Crippen LogP contribution < -0.4 is 15.1 Å². The third-order valence-electron chi connectivity index (χ3n) is 6.88. The van der Waals surface area contributed by atoms with Crippen LogP contribution in [-0.4, -0.2) is 34.9 Å². The lowest BCUT2D eigenvalue weighted by molar-refractivity contribution is -0.137. The van der Waals surface area contributed by atoms with Crippen LogP contribution in [0.1, 0.15) is 32.6 Å². The number of carboxylic acid groups (broad SMARTS) is 1. The van der Waals surface area contributed by atoms with Gasteiger partial charge in [-0.1, -0.05) is 24.3 Å². The van der Waals surface area contributed by atoms with Crippen LogP contribution in [0.5, 0.6) is 11.5 Å². The molecule has 0 radical (unpaired) electrons. The first kappa shape index (κ1) is 28.2. The molecule has 0 aliphatic carbocycles. The van der Waals surface area contributed by atoms with E-state index in [1.807, 2.05) is 0 Å². The van der Waals surface area contributed by atoms with Crippen molar-refractivity contribution in [3.05, 3.63) is 101 Å². The summed E-state index contributed by atoms with van der Waals surface area (Å²) in [4.78, 5) is 26.3. The molecule has 0 unspecified atom stereocenters. The van der Waals surface area contributed by atoms with E-state index in [9.17, 15) is 33.0 Å². The van der Waals surface area contributed by atoms with E-state index >= 15 is 0 Å². The molecule has 4 aromatic carbocycles. The summed E-state index contributed by atoms with van der Waals surface area (Å²) in [6, 6.07) is 16.9. The van der Waals surface area contributed by atoms with Gasteiger partial charge in [-0.25, -0.2) is 4.79 Å². The fraction of sp³-hybridized carbons (Fsp3) is 0.129. The van der Waals surface area contributed by atoms with Crippen LogP contribution in [0.15, 0.2) is 77.9 Å². The number of halogens is 3. The molecule has 11 heteroatoms. The molecule has 0 atom stereocenters. The number of aromatic hydroxyl groups is 1. The highest BCUT2D eigenvalue weighted by molar-refractivity contribution is 6.55. The average Bonchev–Trinajstić information content (AvgIpc) is 3.22. The first-order valence-corrected chi connectivity index (χ1v) is 12.6. The average molecular weight is 576 g/mol. The first-order chi connectivity index (χ1) is 19.9. The van der Waals surface area contributed by atoms with Crippen molar-refractivity contribution in [1.29, 1.82) is 0 Å². The number of hydrogen-bond donors (Lipinski definition) is 3. The predicted octanol–water partition coefficient (Wildman–Crippen LogP) is 6.90. The number of ether oxygens (including phenoxy) is 1. The van der Waals surface area contributed by atoms with Crippen molar-refractivity contribution in [1.82, 2.24) is 0 Å². The van der Waals surface area contributed by atoms with Gasteiger partial charge in [-0.15, -0.1) is 0 Å². The quantitative estimate of drug-likeness (QED) is 0.170. The number of benzene rings is 4. The third-order valence-corrected chi connectivity index (χ3v) is 6.88. The maximum Gasteiger partial charge on any atom is 0.416 e. The molecule has 42 heavy (non-hydrogen) atoms. The third kappa shape index (κ3) is 5.00. The van der Waals surface area contributed by atoms with Gasteiger partial charge in [0.15, 0.2) is 5.71 Å². The Bertz CT molecular complexity index is 1760. The number of hydrogen-bond acceptors (Lipinski definition) is 6. The van der Waals surface area contributed by atoms with Gasteiger partial charge >= 0.3 is 12.1 Å². The van der Waals surface area contributed by atoms with E-state index in [4.69, 9.17) is 4.74 Å². The predicted molar refractivity (Wildman–Crippen MR) is 152 cm³/mol. The van der Waals surface area contributed by atoms with Crippen molar-refractivity contribution < 1.29 is 37.7 Å². The summed E-state index contributed by atoms with van der Waals surface area (Å²) in [5.74, 6) is -1.48. The molecule has 0 aromatic heterocycles. The second-order valence-electron chi connectivity index (χ2n) is 9.64. The normalized spacial score (nSPS) is 13.8. The Balaban J connectivity index is 1.58. The minimum absolute atomic E-state index is 0.00259. The zero-order valence-electron chi connectivity index (χ0n) is 22.6. The summed E-state index contributed by atoms with van der Waals surface area (Å²) in [6.45, 7) is 3.53. The van der Waals surface area contributed by atoms with Gasteiger partial charge in [0.2, 0.25) is 0 Å². The maximum atomic E-state index is 13.7. The highest BCUT2D eigenvalue weighted by Gasteiger charge is 2.39. The Morgan fingerprint density at radius 3 is 2.29 bits per heavy atom. The molecule has 0 fully saturated rings. The molecule has 1 amide bonds. The van der Waals surface area contributed by atoms with Gasteiger partial charge in [0.1, 0.15) is 11.5 Å². The van der Waals surface area contributed by atoms with Crippen LogP contribution in [0, 0.1) is 13.8 Å². The molecule has 214 valence electrons. The number of phenolic OH excluding ortho intramolecular Hbond substituents is 1. The lowest BCUT2D eigenvalue weighted by Gasteiger charge is -2.20. The fourth-order valence-electron chi connectivity index (χ4n) is 4.97. The molecule has 0 saturated carbocycles. The van der Waals surface area contributed by atoms with Crippen molar-refractivity contribution >= 4 is 34.7 Å². The van der Waals surface area contributed by atoms with Crippen LogP contribution in [0.3, 0.4) is 0 Å². The number of phenols is 1. The highest BCUT2D eigenvalue weighted by Crippen LogP contribution is 2.42. The highest BCUT2D eigenvalue weighted by atomic mass is 19.4. The van der Waals surface area contributed by atoms with E-state index in [2.05, 4.69) is 10.5 Å². The second kappa shape index (κ2) is 10.6. The number of carbonyl (C=O) groups is 2. The number of aromatic carboxylic acids is 1. The fourth-order valence-corrected chi connectivity index (χ4v) is 4.97. The van der Waals surface area contributed by atoms with Crippen LogP contribution in [0.25, 0.3) is 11.1 Å². The Morgan fingerprint density at radius 1 is 0.952 bits per heavy atom. The minimum atomic E-state index is -4.64. The van der Waals surface area contributed by atoms with Gasteiger partial charge in [0.05, 0.1) is 35.3 Å². The van der Waals surface area contributed by atoms with E-state index < -0.39 is 23.6 Å². The zero-order chi connectivity index (χ0) is 30.3. The van der Waals surface area contributed by atoms with Crippen LogP contribution in [0.4, 0.5) is 30.2 Å². The number of fused-ring (bicyclic) bond motifs is 1. The SMILES string of the molecule is COc1c(C)cc(N2C(=O)C(=NNc3cccc(-c4cccc(C(=O)O)c4)c3O)c3ccc(C(F)(F)F)cc32)cc1C. The van der Waals surface area contributed by atoms with E-state index in [0.29, 0.717) is 33.7 Å². The largest absolute Gasteiger partial charge is 0.505 e. The van der Waals surface area contributed by atoms with Crippen molar-refractivity contribution in [2.45, 2.75) is 20.0 Å². The molecule has 1 heterocycles. The lowest BCUT2D eigenvalue weighted by atomic mass is 10.0. The van der Waals surface area contributed by atoms with Crippen molar-refractivity contribution in [3.63, 3.8) is 0 Å². The summed E-state index contributed by atoms with van der Waals surface area (Å²) in [5.41, 5.74) is 4.31. The summed E-state index contributed by atoms with van der Waals surface area (Å²) in [6.07, 6.45) is -4.64. The molecule has 0 spiro atoms. The standard InChI is InChI=1S/C31H24F3N3O5/c1-16-12-21(13-17(2)28(16)42-3)37-25-15-20(31(32,33)34)10-11-23(25)26(29(37)39)36-35-24-9-5-8-22(27(24)38)18-6-4-7-19(14-18)30(40)41/h4-15,35,38H,1-3H3,(H,40,41). The number of carboxylic acids is 1. The number of hydrazone groups is 1.